The summed E-state index contributed by atoms with van der Waals surface area (Å²) in [4.78, 5) is 13.9. The third kappa shape index (κ3) is 2.79. The molecule has 0 aliphatic carbocycles. The molecule has 94 valence electrons. The normalized spacial score (nSPS) is 10.4. The first-order chi connectivity index (χ1) is 8.58. The zero-order valence-corrected chi connectivity index (χ0v) is 11.9. The fraction of sp³-hybridized carbons (Fsp3) is 0.231. The number of aryl methyl sites for hydroxylation is 1. The number of hydrogen-bond acceptors (Lipinski definition) is 2. The fourth-order valence-electron chi connectivity index (χ4n) is 1.70. The van der Waals surface area contributed by atoms with Crippen LogP contribution in [0.1, 0.15) is 16.1 Å². The third-order valence-corrected chi connectivity index (χ3v) is 3.31. The number of carbonyl (C=O) groups excluding carboxylic acids is 1. The van der Waals surface area contributed by atoms with Gasteiger partial charge in [0.05, 0.1) is 17.8 Å². The summed E-state index contributed by atoms with van der Waals surface area (Å²) in [6.45, 7) is 0.501. The van der Waals surface area contributed by atoms with Crippen LogP contribution in [0.2, 0.25) is 0 Å². The lowest BCUT2D eigenvalue weighted by Crippen LogP contribution is -2.26. The van der Waals surface area contributed by atoms with Gasteiger partial charge in [-0.05, 0) is 34.1 Å². The second kappa shape index (κ2) is 5.35. The van der Waals surface area contributed by atoms with Crippen molar-refractivity contribution in [1.82, 2.24) is 14.7 Å². The maximum Gasteiger partial charge on any atom is 0.255 e. The summed E-state index contributed by atoms with van der Waals surface area (Å²) in [5.41, 5.74) is 1.54. The molecule has 0 atom stereocenters. The van der Waals surface area contributed by atoms with Gasteiger partial charge in [0.2, 0.25) is 0 Å². The Morgan fingerprint density at radius 3 is 2.72 bits per heavy atom. The molecule has 4 nitrogen and oxygen atoms in total. The van der Waals surface area contributed by atoms with E-state index in [1.807, 2.05) is 37.5 Å². The van der Waals surface area contributed by atoms with Crippen LogP contribution in [0.5, 0.6) is 0 Å². The number of halogens is 1. The Balaban J connectivity index is 2.12. The summed E-state index contributed by atoms with van der Waals surface area (Å²) in [7, 11) is 3.63. The molecular weight excluding hydrogens is 294 g/mol. The van der Waals surface area contributed by atoms with Crippen LogP contribution in [0.3, 0.4) is 0 Å². The molecule has 0 unspecified atom stereocenters. The number of aromatic nitrogens is 2. The van der Waals surface area contributed by atoms with Crippen LogP contribution in [-0.4, -0.2) is 27.6 Å². The van der Waals surface area contributed by atoms with Crippen molar-refractivity contribution >= 4 is 21.8 Å². The van der Waals surface area contributed by atoms with Gasteiger partial charge >= 0.3 is 0 Å². The van der Waals surface area contributed by atoms with Gasteiger partial charge < -0.3 is 4.90 Å². The minimum Gasteiger partial charge on any atom is -0.336 e. The van der Waals surface area contributed by atoms with Crippen LogP contribution < -0.4 is 0 Å². The Morgan fingerprint density at radius 1 is 1.39 bits per heavy atom. The van der Waals surface area contributed by atoms with Gasteiger partial charge in [0.15, 0.2) is 0 Å². The molecule has 1 amide bonds. The highest BCUT2D eigenvalue weighted by Gasteiger charge is 2.15. The molecule has 0 spiro atoms. The fourth-order valence-corrected chi connectivity index (χ4v) is 2.16. The van der Waals surface area contributed by atoms with Gasteiger partial charge in [-0.15, -0.1) is 0 Å². The van der Waals surface area contributed by atoms with Crippen molar-refractivity contribution in [3.05, 3.63) is 52.3 Å². The minimum absolute atomic E-state index is 0.0203. The van der Waals surface area contributed by atoms with Crippen molar-refractivity contribution < 1.29 is 4.79 Å². The van der Waals surface area contributed by atoms with E-state index in [0.29, 0.717) is 12.1 Å². The van der Waals surface area contributed by atoms with Gasteiger partial charge in [-0.1, -0.05) is 12.1 Å². The molecule has 0 saturated heterocycles. The molecule has 0 radical (unpaired) electrons. The van der Waals surface area contributed by atoms with E-state index < -0.39 is 0 Å². The molecule has 2 aromatic rings. The minimum atomic E-state index is -0.0203. The van der Waals surface area contributed by atoms with Gasteiger partial charge in [-0.25, -0.2) is 0 Å². The number of rotatable bonds is 3. The maximum absolute atomic E-state index is 12.2. The first-order valence-corrected chi connectivity index (χ1v) is 6.36. The predicted octanol–water partition coefficient (Wildman–Crippen LogP) is 2.45. The van der Waals surface area contributed by atoms with Gasteiger partial charge in [-0.2, -0.15) is 5.10 Å². The van der Waals surface area contributed by atoms with Crippen LogP contribution in [0, 0.1) is 0 Å². The van der Waals surface area contributed by atoms with E-state index in [4.69, 9.17) is 0 Å². The smallest absolute Gasteiger partial charge is 0.255 e. The average Bonchev–Trinajstić information content (AvgIpc) is 2.74. The Bertz CT molecular complexity index is 565. The molecule has 0 bridgehead atoms. The molecule has 18 heavy (non-hydrogen) atoms. The van der Waals surface area contributed by atoms with E-state index in [0.717, 1.165) is 10.2 Å². The van der Waals surface area contributed by atoms with Gasteiger partial charge in [0.1, 0.15) is 0 Å². The zero-order chi connectivity index (χ0) is 13.1. The Labute approximate surface area is 114 Å². The molecule has 0 saturated carbocycles. The number of carbonyl (C=O) groups is 1. The van der Waals surface area contributed by atoms with E-state index in [2.05, 4.69) is 21.0 Å². The van der Waals surface area contributed by atoms with Crippen molar-refractivity contribution in [1.29, 1.82) is 0 Å². The summed E-state index contributed by atoms with van der Waals surface area (Å²) in [5, 5.41) is 4.26. The molecule has 2 rings (SSSR count). The Kier molecular flexibility index (Phi) is 3.81. The molecule has 0 fully saturated rings. The Morgan fingerprint density at radius 2 is 2.11 bits per heavy atom. The molecule has 1 heterocycles. The quantitative estimate of drug-likeness (QED) is 0.873. The van der Waals surface area contributed by atoms with Crippen LogP contribution in [0.25, 0.3) is 0 Å². The number of benzene rings is 1. The third-order valence-electron chi connectivity index (χ3n) is 2.62. The van der Waals surface area contributed by atoms with Crippen LogP contribution in [0.4, 0.5) is 0 Å². The topological polar surface area (TPSA) is 38.1 Å². The molecule has 1 aromatic carbocycles. The summed E-state index contributed by atoms with van der Waals surface area (Å²) in [6, 6.07) is 9.32. The van der Waals surface area contributed by atoms with E-state index in [-0.39, 0.29) is 5.91 Å². The maximum atomic E-state index is 12.2. The lowest BCUT2D eigenvalue weighted by Gasteiger charge is -2.16. The highest BCUT2D eigenvalue weighted by atomic mass is 79.9. The van der Waals surface area contributed by atoms with Crippen molar-refractivity contribution in [3.8, 4) is 0 Å². The highest BCUT2D eigenvalue weighted by Crippen LogP contribution is 2.18. The standard InChI is InChI=1S/C13H14BrN3O/c1-16(9-10-7-8-17(2)15-10)13(18)11-5-3-4-6-12(11)14/h3-8H,9H2,1-2H3. The predicted molar refractivity (Wildman–Crippen MR) is 73.1 cm³/mol. The summed E-state index contributed by atoms with van der Waals surface area (Å²) in [6.07, 6.45) is 1.87. The van der Waals surface area contributed by atoms with Gasteiger partial charge in [0.25, 0.3) is 5.91 Å². The second-order valence-electron chi connectivity index (χ2n) is 4.12. The van der Waals surface area contributed by atoms with E-state index in [1.165, 1.54) is 0 Å². The number of amides is 1. The van der Waals surface area contributed by atoms with Crippen LogP contribution >= 0.6 is 15.9 Å². The molecule has 1 aromatic heterocycles. The molecule has 0 N–H and O–H groups in total. The van der Waals surface area contributed by atoms with Crippen molar-refractivity contribution in [2.75, 3.05) is 7.05 Å². The summed E-state index contributed by atoms with van der Waals surface area (Å²) < 4.78 is 2.54. The molecular formula is C13H14BrN3O. The molecule has 0 aliphatic rings. The van der Waals surface area contributed by atoms with E-state index in [1.54, 1.807) is 22.7 Å². The molecule has 0 aliphatic heterocycles. The monoisotopic (exact) mass is 307 g/mol. The van der Waals surface area contributed by atoms with Crippen molar-refractivity contribution in [3.63, 3.8) is 0 Å². The van der Waals surface area contributed by atoms with Crippen molar-refractivity contribution in [2.24, 2.45) is 7.05 Å². The number of nitrogens with zero attached hydrogens (tertiary/aromatic N) is 3. The van der Waals surface area contributed by atoms with E-state index in [9.17, 15) is 4.79 Å². The van der Waals surface area contributed by atoms with E-state index >= 15 is 0 Å². The first kappa shape index (κ1) is 12.8. The molecule has 5 heteroatoms. The van der Waals surface area contributed by atoms with Gasteiger partial charge in [0, 0.05) is 24.8 Å². The second-order valence-corrected chi connectivity index (χ2v) is 4.98. The van der Waals surface area contributed by atoms with Gasteiger partial charge in [-0.3, -0.25) is 9.48 Å². The lowest BCUT2D eigenvalue weighted by atomic mass is 10.2. The first-order valence-electron chi connectivity index (χ1n) is 5.56. The zero-order valence-electron chi connectivity index (χ0n) is 10.3. The number of hydrogen-bond donors (Lipinski definition) is 0. The van der Waals surface area contributed by atoms with Crippen LogP contribution in [-0.2, 0) is 13.6 Å². The average molecular weight is 308 g/mol. The summed E-state index contributed by atoms with van der Waals surface area (Å²) >= 11 is 3.39. The largest absolute Gasteiger partial charge is 0.336 e. The lowest BCUT2D eigenvalue weighted by molar-refractivity contribution is 0.0782. The highest BCUT2D eigenvalue weighted by molar-refractivity contribution is 9.10. The Hall–Kier alpha value is -1.62. The van der Waals surface area contributed by atoms with Crippen LogP contribution in [0.15, 0.2) is 41.0 Å². The van der Waals surface area contributed by atoms with Crippen molar-refractivity contribution in [2.45, 2.75) is 6.54 Å². The SMILES string of the molecule is CN(Cc1ccn(C)n1)C(=O)c1ccccc1Br. The summed E-state index contributed by atoms with van der Waals surface area (Å²) in [5.74, 6) is -0.0203.